The van der Waals surface area contributed by atoms with Crippen molar-refractivity contribution in [3.63, 3.8) is 0 Å². The van der Waals surface area contributed by atoms with E-state index >= 15 is 0 Å². The van der Waals surface area contributed by atoms with Gasteiger partial charge in [-0.05, 0) is 6.42 Å². The van der Waals surface area contributed by atoms with Gasteiger partial charge in [0.1, 0.15) is 0 Å². The number of hydrogen-bond acceptors (Lipinski definition) is 1. The van der Waals surface area contributed by atoms with Gasteiger partial charge in [0.2, 0.25) is 0 Å². The van der Waals surface area contributed by atoms with Gasteiger partial charge in [-0.25, -0.2) is 0 Å². The van der Waals surface area contributed by atoms with Gasteiger partial charge >= 0.3 is 5.97 Å². The van der Waals surface area contributed by atoms with Crippen molar-refractivity contribution in [3.8, 4) is 0 Å². The Morgan fingerprint density at radius 2 is 2.12 bits per heavy atom. The maximum absolute atomic E-state index is 9.76. The van der Waals surface area contributed by atoms with E-state index in [-0.39, 0.29) is 19.5 Å². The predicted molar refractivity (Wildman–Crippen MR) is 27.2 cm³/mol. The van der Waals surface area contributed by atoms with E-state index in [1.807, 2.05) is 6.92 Å². The van der Waals surface area contributed by atoms with E-state index in [1.165, 1.54) is 0 Å². The fraction of sp³-hybridized carbons (Fsp3) is 0.800. The van der Waals surface area contributed by atoms with Crippen molar-refractivity contribution in [1.29, 1.82) is 0 Å². The molecule has 0 saturated carbocycles. The number of carboxylic acids is 1. The topological polar surface area (TPSA) is 37.3 Å². The van der Waals surface area contributed by atoms with Crippen LogP contribution in [0.1, 0.15) is 26.2 Å². The second-order valence-corrected chi connectivity index (χ2v) is 1.50. The van der Waals surface area contributed by atoms with Crippen molar-refractivity contribution >= 4 is 5.97 Å². The molecule has 0 atom stereocenters. The molecule has 0 aromatic heterocycles. The van der Waals surface area contributed by atoms with Crippen molar-refractivity contribution in [1.82, 2.24) is 0 Å². The molecule has 1 radical (unpaired) electrons. The van der Waals surface area contributed by atoms with Crippen LogP contribution in [0.4, 0.5) is 0 Å². The third kappa shape index (κ3) is 9.43. The standard InChI is InChI=1S/C5H10O2.Rh/c1-2-3-4-5(6)7;/h2-4H2,1H3,(H,6,7);. The summed E-state index contributed by atoms with van der Waals surface area (Å²) in [5.41, 5.74) is 0. The van der Waals surface area contributed by atoms with Crippen molar-refractivity contribution in [3.05, 3.63) is 0 Å². The van der Waals surface area contributed by atoms with Crippen LogP contribution in [0.15, 0.2) is 0 Å². The zero-order chi connectivity index (χ0) is 5.70. The second kappa shape index (κ2) is 7.09. The molecule has 3 heteroatoms. The van der Waals surface area contributed by atoms with Gasteiger partial charge in [0.05, 0.1) is 0 Å². The van der Waals surface area contributed by atoms with Crippen LogP contribution >= 0.6 is 0 Å². The maximum atomic E-state index is 9.76. The number of carbonyl (C=O) groups is 1. The van der Waals surface area contributed by atoms with Crippen LogP contribution in [-0.2, 0) is 24.3 Å². The average molecular weight is 205 g/mol. The minimum absolute atomic E-state index is 0. The monoisotopic (exact) mass is 205 g/mol. The minimum atomic E-state index is -0.693. The van der Waals surface area contributed by atoms with Crippen LogP contribution in [0.5, 0.6) is 0 Å². The SMILES string of the molecule is CCCCC(=O)O.[Rh]. The summed E-state index contributed by atoms with van der Waals surface area (Å²) < 4.78 is 0. The van der Waals surface area contributed by atoms with Crippen LogP contribution < -0.4 is 0 Å². The molecule has 1 N–H and O–H groups in total. The third-order valence-electron chi connectivity index (χ3n) is 0.744. The van der Waals surface area contributed by atoms with Gasteiger partial charge in [0, 0.05) is 25.9 Å². The van der Waals surface area contributed by atoms with E-state index in [0.717, 1.165) is 12.8 Å². The van der Waals surface area contributed by atoms with Gasteiger partial charge in [-0.3, -0.25) is 4.79 Å². The second-order valence-electron chi connectivity index (χ2n) is 1.50. The number of rotatable bonds is 3. The first-order valence-electron chi connectivity index (χ1n) is 2.49. The third-order valence-corrected chi connectivity index (χ3v) is 0.744. The number of aliphatic carboxylic acids is 1. The molecule has 0 amide bonds. The van der Waals surface area contributed by atoms with E-state index in [4.69, 9.17) is 5.11 Å². The molecule has 0 fully saturated rings. The molecule has 0 aliphatic rings. The summed E-state index contributed by atoms with van der Waals surface area (Å²) in [6, 6.07) is 0. The summed E-state index contributed by atoms with van der Waals surface area (Å²) in [7, 11) is 0. The minimum Gasteiger partial charge on any atom is -0.481 e. The molecule has 51 valence electrons. The van der Waals surface area contributed by atoms with E-state index in [0.29, 0.717) is 6.42 Å². The van der Waals surface area contributed by atoms with Crippen LogP contribution in [0, 0.1) is 0 Å². The summed E-state index contributed by atoms with van der Waals surface area (Å²) >= 11 is 0. The molecule has 0 saturated heterocycles. The van der Waals surface area contributed by atoms with E-state index in [1.54, 1.807) is 0 Å². The molecule has 0 unspecified atom stereocenters. The molecular weight excluding hydrogens is 195 g/mol. The Morgan fingerprint density at radius 3 is 2.25 bits per heavy atom. The van der Waals surface area contributed by atoms with Crippen LogP contribution in [0.3, 0.4) is 0 Å². The molecular formula is C5H10O2Rh. The first kappa shape index (κ1) is 11.0. The van der Waals surface area contributed by atoms with Crippen molar-refractivity contribution in [2.45, 2.75) is 26.2 Å². The van der Waals surface area contributed by atoms with Gasteiger partial charge in [-0.15, -0.1) is 0 Å². The number of carboxylic acid groups (broad SMARTS) is 1. The zero-order valence-electron chi connectivity index (χ0n) is 4.81. The smallest absolute Gasteiger partial charge is 0.303 e. The van der Waals surface area contributed by atoms with Gasteiger partial charge in [-0.1, -0.05) is 13.3 Å². The fourth-order valence-electron chi connectivity index (χ4n) is 0.328. The molecule has 0 aromatic rings. The van der Waals surface area contributed by atoms with Gasteiger partial charge < -0.3 is 5.11 Å². The summed E-state index contributed by atoms with van der Waals surface area (Å²) in [6.07, 6.45) is 2.08. The molecule has 0 spiro atoms. The number of hydrogen-bond donors (Lipinski definition) is 1. The van der Waals surface area contributed by atoms with Crippen molar-refractivity contribution in [2.75, 3.05) is 0 Å². The van der Waals surface area contributed by atoms with Crippen LogP contribution in [0.2, 0.25) is 0 Å². The fourth-order valence-corrected chi connectivity index (χ4v) is 0.328. The first-order valence-corrected chi connectivity index (χ1v) is 2.49. The quantitative estimate of drug-likeness (QED) is 0.704. The predicted octanol–water partition coefficient (Wildman–Crippen LogP) is 1.26. The summed E-state index contributed by atoms with van der Waals surface area (Å²) in [5, 5.41) is 8.04. The van der Waals surface area contributed by atoms with Crippen molar-refractivity contribution in [2.24, 2.45) is 0 Å². The average Bonchev–Trinajstić information content (AvgIpc) is 1.61. The maximum Gasteiger partial charge on any atom is 0.303 e. The van der Waals surface area contributed by atoms with Crippen molar-refractivity contribution < 1.29 is 29.4 Å². The van der Waals surface area contributed by atoms with Gasteiger partial charge in [0.25, 0.3) is 0 Å². The molecule has 0 aliphatic carbocycles. The molecule has 2 nitrogen and oxygen atoms in total. The normalized spacial score (nSPS) is 7.62. The molecule has 0 rings (SSSR count). The molecule has 0 bridgehead atoms. The Morgan fingerprint density at radius 1 is 1.62 bits per heavy atom. The Kier molecular flexibility index (Phi) is 9.72. The Bertz CT molecular complexity index is 63.4. The van der Waals surface area contributed by atoms with E-state index in [9.17, 15) is 4.79 Å². The summed E-state index contributed by atoms with van der Waals surface area (Å²) in [5.74, 6) is -0.693. The zero-order valence-corrected chi connectivity index (χ0v) is 6.45. The summed E-state index contributed by atoms with van der Waals surface area (Å²) in [4.78, 5) is 9.76. The first-order chi connectivity index (χ1) is 3.27. The Balaban J connectivity index is 0. The van der Waals surface area contributed by atoms with Crippen LogP contribution in [0.25, 0.3) is 0 Å². The van der Waals surface area contributed by atoms with E-state index < -0.39 is 5.97 Å². The Labute approximate surface area is 62.0 Å². The molecule has 0 heterocycles. The molecule has 8 heavy (non-hydrogen) atoms. The molecule has 0 aromatic carbocycles. The van der Waals surface area contributed by atoms with E-state index in [2.05, 4.69) is 0 Å². The summed E-state index contributed by atoms with van der Waals surface area (Å²) in [6.45, 7) is 1.98. The van der Waals surface area contributed by atoms with Gasteiger partial charge in [0.15, 0.2) is 0 Å². The molecule has 0 aliphatic heterocycles. The largest absolute Gasteiger partial charge is 0.481 e. The van der Waals surface area contributed by atoms with Crippen LogP contribution in [-0.4, -0.2) is 11.1 Å². The van der Waals surface area contributed by atoms with Gasteiger partial charge in [-0.2, -0.15) is 0 Å². The Hall–Kier alpha value is 0.0934. The number of unbranched alkanes of at least 4 members (excludes halogenated alkanes) is 1.